The Balaban J connectivity index is 0.00000132. The number of nitrogens with zero attached hydrogens (tertiary/aromatic N) is 1. The zero-order valence-electron chi connectivity index (χ0n) is 11.5. The van der Waals surface area contributed by atoms with E-state index in [0.717, 1.165) is 23.1 Å². The normalized spacial score (nSPS) is 30.3. The van der Waals surface area contributed by atoms with Crippen LogP contribution in [0.3, 0.4) is 0 Å². The van der Waals surface area contributed by atoms with Gasteiger partial charge in [-0.2, -0.15) is 0 Å². The number of amides is 1. The van der Waals surface area contributed by atoms with Gasteiger partial charge in [-0.15, -0.1) is 12.4 Å². The van der Waals surface area contributed by atoms with E-state index in [-0.39, 0.29) is 30.3 Å². The number of para-hydroxylation sites is 1. The van der Waals surface area contributed by atoms with Crippen LogP contribution >= 0.6 is 23.7 Å². The highest BCUT2D eigenvalue weighted by molar-refractivity contribution is 7.22. The fraction of sp³-hybridized carbons (Fsp3) is 0.467. The second-order valence-corrected chi connectivity index (χ2v) is 6.94. The summed E-state index contributed by atoms with van der Waals surface area (Å²) in [5.74, 6) is 1.06. The molecule has 2 fully saturated rings. The topological polar surface area (TPSA) is 68.0 Å². The fourth-order valence-corrected chi connectivity index (χ4v) is 4.71. The Morgan fingerprint density at radius 2 is 2.05 bits per heavy atom. The summed E-state index contributed by atoms with van der Waals surface area (Å²) in [6.07, 6.45) is 3.46. The third-order valence-corrected chi connectivity index (χ3v) is 5.76. The summed E-state index contributed by atoms with van der Waals surface area (Å²) in [6, 6.07) is 7.96. The lowest BCUT2D eigenvalue weighted by Crippen LogP contribution is -2.42. The van der Waals surface area contributed by atoms with Gasteiger partial charge in [0.05, 0.1) is 16.1 Å². The summed E-state index contributed by atoms with van der Waals surface area (Å²) < 4.78 is 1.10. The molecule has 0 radical (unpaired) electrons. The molecule has 2 aromatic rings. The Morgan fingerprint density at radius 1 is 1.29 bits per heavy atom. The number of carbonyl (C=O) groups excluding carboxylic acids is 1. The fourth-order valence-electron chi connectivity index (χ4n) is 3.84. The van der Waals surface area contributed by atoms with Crippen molar-refractivity contribution < 1.29 is 4.79 Å². The molecule has 4 nitrogen and oxygen atoms in total. The van der Waals surface area contributed by atoms with Gasteiger partial charge in [-0.3, -0.25) is 4.79 Å². The summed E-state index contributed by atoms with van der Waals surface area (Å²) in [6.45, 7) is 0. The Labute approximate surface area is 133 Å². The van der Waals surface area contributed by atoms with Gasteiger partial charge >= 0.3 is 0 Å². The van der Waals surface area contributed by atoms with Crippen LogP contribution in [0.15, 0.2) is 24.3 Å². The first-order chi connectivity index (χ1) is 9.72. The largest absolute Gasteiger partial charge is 0.327 e. The molecule has 2 saturated carbocycles. The molecule has 2 bridgehead atoms. The standard InChI is InChI=1S/C15H17N3OS.ClH/c16-13-9-6-5-8(7-9)12(13)14(19)18-15-17-10-3-1-2-4-11(10)20-15;/h1-4,8-9,12-13H,5-7,16H2,(H,17,18,19);1H. The summed E-state index contributed by atoms with van der Waals surface area (Å²) in [4.78, 5) is 16.9. The first-order valence-electron chi connectivity index (χ1n) is 7.14. The molecule has 2 aliphatic rings. The van der Waals surface area contributed by atoms with Crippen molar-refractivity contribution in [3.63, 3.8) is 0 Å². The highest BCUT2D eigenvalue weighted by Gasteiger charge is 2.49. The second kappa shape index (κ2) is 5.55. The van der Waals surface area contributed by atoms with Gasteiger partial charge in [-0.1, -0.05) is 23.5 Å². The highest BCUT2D eigenvalue weighted by Crippen LogP contribution is 2.48. The van der Waals surface area contributed by atoms with Crippen LogP contribution in [0.2, 0.25) is 0 Å². The lowest BCUT2D eigenvalue weighted by molar-refractivity contribution is -0.121. The number of fused-ring (bicyclic) bond motifs is 3. The van der Waals surface area contributed by atoms with Crippen LogP contribution in [0.1, 0.15) is 19.3 Å². The van der Waals surface area contributed by atoms with Gasteiger partial charge in [0.25, 0.3) is 0 Å². The van der Waals surface area contributed by atoms with E-state index >= 15 is 0 Å². The van der Waals surface area contributed by atoms with Crippen LogP contribution in [-0.2, 0) is 4.79 Å². The molecular formula is C15H18ClN3OS. The number of halogens is 1. The Kier molecular flexibility index (Phi) is 3.90. The van der Waals surface area contributed by atoms with Crippen LogP contribution in [0.25, 0.3) is 10.2 Å². The Bertz CT molecular complexity index is 639. The van der Waals surface area contributed by atoms with Gasteiger partial charge in [-0.05, 0) is 43.2 Å². The molecule has 4 atom stereocenters. The average Bonchev–Trinajstić information content (AvgIpc) is 3.10. The van der Waals surface area contributed by atoms with Crippen molar-refractivity contribution in [2.45, 2.75) is 25.3 Å². The molecule has 3 N–H and O–H groups in total. The number of rotatable bonds is 2. The molecule has 1 aromatic carbocycles. The molecule has 6 heteroatoms. The van der Waals surface area contributed by atoms with Crippen LogP contribution in [-0.4, -0.2) is 16.9 Å². The molecule has 4 unspecified atom stereocenters. The van der Waals surface area contributed by atoms with Crippen molar-refractivity contribution in [2.75, 3.05) is 5.32 Å². The third-order valence-electron chi connectivity index (χ3n) is 4.81. The predicted octanol–water partition coefficient (Wildman–Crippen LogP) is 3.03. The summed E-state index contributed by atoms with van der Waals surface area (Å²) >= 11 is 1.52. The van der Waals surface area contributed by atoms with Crippen molar-refractivity contribution in [2.24, 2.45) is 23.5 Å². The maximum Gasteiger partial charge on any atom is 0.231 e. The third kappa shape index (κ3) is 2.43. The van der Waals surface area contributed by atoms with Crippen LogP contribution < -0.4 is 11.1 Å². The van der Waals surface area contributed by atoms with Crippen molar-refractivity contribution in [3.05, 3.63) is 24.3 Å². The average molecular weight is 324 g/mol. The number of benzene rings is 1. The van der Waals surface area contributed by atoms with Gasteiger partial charge in [-0.25, -0.2) is 4.98 Å². The Hall–Kier alpha value is -1.17. The zero-order chi connectivity index (χ0) is 13.7. The van der Waals surface area contributed by atoms with E-state index in [4.69, 9.17) is 5.73 Å². The van der Waals surface area contributed by atoms with E-state index in [1.165, 1.54) is 17.8 Å². The molecule has 1 heterocycles. The number of anilines is 1. The Morgan fingerprint density at radius 3 is 2.76 bits per heavy atom. The molecule has 0 saturated heterocycles. The minimum Gasteiger partial charge on any atom is -0.327 e. The van der Waals surface area contributed by atoms with Crippen LogP contribution in [0.4, 0.5) is 5.13 Å². The van der Waals surface area contributed by atoms with Gasteiger partial charge in [0.15, 0.2) is 5.13 Å². The maximum absolute atomic E-state index is 12.5. The molecule has 0 spiro atoms. The van der Waals surface area contributed by atoms with Crippen molar-refractivity contribution in [1.29, 1.82) is 0 Å². The number of hydrogen-bond donors (Lipinski definition) is 2. The first kappa shape index (κ1) is 14.8. The van der Waals surface area contributed by atoms with Crippen LogP contribution in [0.5, 0.6) is 0 Å². The minimum atomic E-state index is -0.0271. The number of nitrogens with one attached hydrogen (secondary N) is 1. The van der Waals surface area contributed by atoms with Gasteiger partial charge in [0, 0.05) is 6.04 Å². The zero-order valence-corrected chi connectivity index (χ0v) is 13.1. The second-order valence-electron chi connectivity index (χ2n) is 5.91. The lowest BCUT2D eigenvalue weighted by Gasteiger charge is -2.26. The molecule has 1 aromatic heterocycles. The number of aromatic nitrogens is 1. The minimum absolute atomic E-state index is 0. The van der Waals surface area contributed by atoms with E-state index in [0.29, 0.717) is 17.0 Å². The number of nitrogens with two attached hydrogens (primary N) is 1. The maximum atomic E-state index is 12.5. The molecule has 112 valence electrons. The molecular weight excluding hydrogens is 306 g/mol. The van der Waals surface area contributed by atoms with E-state index in [1.54, 1.807) is 0 Å². The van der Waals surface area contributed by atoms with E-state index in [2.05, 4.69) is 10.3 Å². The molecule has 0 aliphatic heterocycles. The molecule has 1 amide bonds. The van der Waals surface area contributed by atoms with E-state index in [1.807, 2.05) is 24.3 Å². The van der Waals surface area contributed by atoms with E-state index < -0.39 is 0 Å². The summed E-state index contributed by atoms with van der Waals surface area (Å²) in [5, 5.41) is 3.66. The number of hydrogen-bond acceptors (Lipinski definition) is 4. The summed E-state index contributed by atoms with van der Waals surface area (Å²) in [5.41, 5.74) is 7.15. The highest BCUT2D eigenvalue weighted by atomic mass is 35.5. The smallest absolute Gasteiger partial charge is 0.231 e. The van der Waals surface area contributed by atoms with Gasteiger partial charge < -0.3 is 11.1 Å². The van der Waals surface area contributed by atoms with Crippen molar-refractivity contribution in [3.8, 4) is 0 Å². The molecule has 4 rings (SSSR count). The van der Waals surface area contributed by atoms with Crippen molar-refractivity contribution >= 4 is 45.0 Å². The quantitative estimate of drug-likeness (QED) is 0.892. The van der Waals surface area contributed by atoms with Gasteiger partial charge in [0.1, 0.15) is 0 Å². The van der Waals surface area contributed by atoms with Gasteiger partial charge in [0.2, 0.25) is 5.91 Å². The SMILES string of the molecule is Cl.NC1C2CCC(C2)C1C(=O)Nc1nc2ccccc2s1. The van der Waals surface area contributed by atoms with E-state index in [9.17, 15) is 4.79 Å². The number of thiazole rings is 1. The first-order valence-corrected chi connectivity index (χ1v) is 7.96. The van der Waals surface area contributed by atoms with Crippen LogP contribution in [0, 0.1) is 17.8 Å². The number of carbonyl (C=O) groups is 1. The van der Waals surface area contributed by atoms with Crippen molar-refractivity contribution in [1.82, 2.24) is 4.98 Å². The monoisotopic (exact) mass is 323 g/mol. The lowest BCUT2D eigenvalue weighted by atomic mass is 9.84. The predicted molar refractivity (Wildman–Crippen MR) is 87.8 cm³/mol. The summed E-state index contributed by atoms with van der Waals surface area (Å²) in [7, 11) is 0. The molecule has 21 heavy (non-hydrogen) atoms. The molecule has 2 aliphatic carbocycles.